The van der Waals surface area contributed by atoms with Crippen molar-refractivity contribution >= 4 is 0 Å². The lowest BCUT2D eigenvalue weighted by Crippen LogP contribution is -2.41. The number of hydrogen-bond acceptors (Lipinski definition) is 6. The fourth-order valence-electron chi connectivity index (χ4n) is 2.81. The quantitative estimate of drug-likeness (QED) is 0.685. The smallest absolute Gasteiger partial charge is 0.340 e. The van der Waals surface area contributed by atoms with Gasteiger partial charge in [0.2, 0.25) is 0 Å². The van der Waals surface area contributed by atoms with Crippen molar-refractivity contribution in [2.24, 2.45) is 0 Å². The van der Waals surface area contributed by atoms with Crippen molar-refractivity contribution in [1.29, 1.82) is 0 Å². The zero-order valence-electron chi connectivity index (χ0n) is 11.4. The van der Waals surface area contributed by atoms with Crippen molar-refractivity contribution in [3.8, 4) is 0 Å². The summed E-state index contributed by atoms with van der Waals surface area (Å²) in [5, 5.41) is 21.7. The third-order valence-corrected chi connectivity index (χ3v) is 3.51. The largest absolute Gasteiger partial charge is 0.348 e. The maximum atomic E-state index is 12.0. The van der Waals surface area contributed by atoms with Crippen molar-refractivity contribution in [3.05, 3.63) is 0 Å². The minimum absolute atomic E-state index is 0.279. The molecule has 1 unspecified atom stereocenters. The van der Waals surface area contributed by atoms with Crippen molar-refractivity contribution in [2.45, 2.75) is 69.7 Å². The molecule has 3 saturated heterocycles. The molecule has 7 nitrogen and oxygen atoms in total. The van der Waals surface area contributed by atoms with Gasteiger partial charge in [-0.25, -0.2) is 0 Å². The van der Waals surface area contributed by atoms with Gasteiger partial charge in [-0.05, 0) is 27.7 Å². The Morgan fingerprint density at radius 3 is 2.21 bits per heavy atom. The van der Waals surface area contributed by atoms with E-state index in [1.54, 1.807) is 27.7 Å². The molecule has 5 atom stereocenters. The van der Waals surface area contributed by atoms with Crippen LogP contribution in [0.15, 0.2) is 0 Å². The van der Waals surface area contributed by atoms with E-state index < -0.39 is 42.0 Å². The van der Waals surface area contributed by atoms with Crippen molar-refractivity contribution in [2.75, 3.05) is 6.61 Å². The lowest BCUT2D eigenvalue weighted by molar-refractivity contribution is -0.401. The van der Waals surface area contributed by atoms with Gasteiger partial charge in [0.15, 0.2) is 17.7 Å². The molecule has 3 rings (SSSR count). The zero-order valence-corrected chi connectivity index (χ0v) is 11.4. The second kappa shape index (κ2) is 3.88. The van der Waals surface area contributed by atoms with Gasteiger partial charge in [-0.15, -0.1) is 0 Å². The predicted octanol–water partition coefficient (Wildman–Crippen LogP) is 0.133. The average molecular weight is 275 g/mol. The summed E-state index contributed by atoms with van der Waals surface area (Å²) in [5.41, 5.74) is 0. The molecule has 0 saturated carbocycles. The molecule has 3 heterocycles. The van der Waals surface area contributed by atoms with Gasteiger partial charge in [-0.3, -0.25) is 0 Å². The fourth-order valence-corrected chi connectivity index (χ4v) is 2.81. The van der Waals surface area contributed by atoms with E-state index in [0.717, 1.165) is 0 Å². The highest BCUT2D eigenvalue weighted by atomic mass is 16.9. The zero-order chi connectivity index (χ0) is 14.1. The van der Waals surface area contributed by atoms with Crippen LogP contribution in [0.2, 0.25) is 0 Å². The molecule has 0 aliphatic carbocycles. The van der Waals surface area contributed by atoms with Crippen LogP contribution >= 0.6 is 0 Å². The first-order chi connectivity index (χ1) is 8.60. The molecular formula is C12H19O7. The highest BCUT2D eigenvalue weighted by molar-refractivity contribution is 5.01. The van der Waals surface area contributed by atoms with Gasteiger partial charge in [0, 0.05) is 0 Å². The summed E-state index contributed by atoms with van der Waals surface area (Å²) in [5.74, 6) is -4.29. The van der Waals surface area contributed by atoms with Gasteiger partial charge >= 0.3 is 5.97 Å². The van der Waals surface area contributed by atoms with Gasteiger partial charge in [0.25, 0.3) is 0 Å². The Bertz CT molecular complexity index is 378. The Morgan fingerprint density at radius 2 is 1.63 bits per heavy atom. The van der Waals surface area contributed by atoms with Crippen molar-refractivity contribution in [1.82, 2.24) is 0 Å². The van der Waals surface area contributed by atoms with E-state index in [-0.39, 0.29) is 6.61 Å². The molecule has 0 aromatic rings. The highest BCUT2D eigenvalue weighted by Crippen LogP contribution is 2.44. The summed E-state index contributed by atoms with van der Waals surface area (Å²) in [7, 11) is 0. The molecule has 0 amide bonds. The second-order valence-corrected chi connectivity index (χ2v) is 6.10. The molecule has 109 valence electrons. The molecule has 0 aromatic heterocycles. The van der Waals surface area contributed by atoms with Gasteiger partial charge in [-0.2, -0.15) is 5.11 Å². The maximum absolute atomic E-state index is 12.0. The van der Waals surface area contributed by atoms with E-state index in [2.05, 4.69) is 0 Å². The lowest BCUT2D eigenvalue weighted by atomic mass is 10.1. The first-order valence-electron chi connectivity index (χ1n) is 6.38. The first kappa shape index (κ1) is 13.7. The molecule has 1 N–H and O–H groups in total. The molecule has 19 heavy (non-hydrogen) atoms. The SMILES string of the molecule is CC1(C)OC[C@H]([C@H]2OC([O])(O)[C@H]3OC(C)(C)O[C@@H]23)O1. The van der Waals surface area contributed by atoms with Crippen LogP contribution in [0.5, 0.6) is 0 Å². The van der Waals surface area contributed by atoms with Gasteiger partial charge in [0.1, 0.15) is 18.3 Å². The monoisotopic (exact) mass is 275 g/mol. The number of fused-ring (bicyclic) bond motifs is 1. The van der Waals surface area contributed by atoms with Gasteiger partial charge in [-0.1, -0.05) is 0 Å². The van der Waals surface area contributed by atoms with Crippen molar-refractivity contribution < 1.29 is 33.9 Å². The summed E-state index contributed by atoms with van der Waals surface area (Å²) in [6, 6.07) is 0. The third-order valence-electron chi connectivity index (χ3n) is 3.51. The maximum Gasteiger partial charge on any atom is 0.340 e. The Morgan fingerprint density at radius 1 is 0.947 bits per heavy atom. The van der Waals surface area contributed by atoms with Gasteiger partial charge < -0.3 is 28.8 Å². The number of rotatable bonds is 1. The van der Waals surface area contributed by atoms with Crippen LogP contribution in [0, 0.1) is 0 Å². The Balaban J connectivity index is 1.80. The van der Waals surface area contributed by atoms with E-state index in [4.69, 9.17) is 23.7 Å². The second-order valence-electron chi connectivity index (χ2n) is 6.10. The molecule has 0 spiro atoms. The van der Waals surface area contributed by atoms with Crippen LogP contribution in [0.4, 0.5) is 0 Å². The molecule has 0 aromatic carbocycles. The predicted molar refractivity (Wildman–Crippen MR) is 59.2 cm³/mol. The topological polar surface area (TPSA) is 86.3 Å². The van der Waals surface area contributed by atoms with Crippen LogP contribution in [0.25, 0.3) is 0 Å². The summed E-state index contributed by atoms with van der Waals surface area (Å²) in [4.78, 5) is 0. The summed E-state index contributed by atoms with van der Waals surface area (Å²) < 4.78 is 27.3. The minimum atomic E-state index is -2.63. The molecule has 3 aliphatic heterocycles. The third kappa shape index (κ3) is 2.29. The Labute approximate surface area is 111 Å². The van der Waals surface area contributed by atoms with Gasteiger partial charge in [0.05, 0.1) is 6.61 Å². The highest BCUT2D eigenvalue weighted by Gasteiger charge is 2.66. The lowest BCUT2D eigenvalue weighted by Gasteiger charge is -2.27. The Hall–Kier alpha value is -0.280. The van der Waals surface area contributed by atoms with Crippen LogP contribution in [-0.2, 0) is 28.8 Å². The molecule has 3 fully saturated rings. The van der Waals surface area contributed by atoms with Crippen LogP contribution in [0.1, 0.15) is 27.7 Å². The van der Waals surface area contributed by atoms with Crippen molar-refractivity contribution in [3.63, 3.8) is 0 Å². The molecule has 0 bridgehead atoms. The minimum Gasteiger partial charge on any atom is -0.348 e. The standard InChI is InChI=1S/C12H19O7/c1-10(2)15-5-6(16-10)7-8-9(12(13,14)18-7)19-11(3,4)17-8/h6-9,13H,5H2,1-4H3/t6-,7-,8+,9+,12?/m1/s1. The molecular weight excluding hydrogens is 256 g/mol. The Kier molecular flexibility index (Phi) is 2.80. The van der Waals surface area contributed by atoms with E-state index in [0.29, 0.717) is 0 Å². The summed E-state index contributed by atoms with van der Waals surface area (Å²) in [6.07, 6.45) is -2.92. The van der Waals surface area contributed by atoms with E-state index in [1.165, 1.54) is 0 Å². The van der Waals surface area contributed by atoms with E-state index in [1.807, 2.05) is 0 Å². The van der Waals surface area contributed by atoms with Crippen LogP contribution < -0.4 is 0 Å². The van der Waals surface area contributed by atoms with E-state index >= 15 is 0 Å². The normalized spacial score (nSPS) is 46.4. The van der Waals surface area contributed by atoms with Crippen LogP contribution in [-0.4, -0.2) is 53.7 Å². The van der Waals surface area contributed by atoms with E-state index in [9.17, 15) is 10.2 Å². The molecule has 3 aliphatic rings. The summed E-state index contributed by atoms with van der Waals surface area (Å²) in [6.45, 7) is 7.21. The number of ether oxygens (including phenoxy) is 5. The molecule has 1 radical (unpaired) electrons. The fraction of sp³-hybridized carbons (Fsp3) is 1.00. The first-order valence-corrected chi connectivity index (χ1v) is 6.38. The average Bonchev–Trinajstić information content (AvgIpc) is 2.81. The van der Waals surface area contributed by atoms with Crippen LogP contribution in [0.3, 0.4) is 0 Å². The number of aliphatic hydroxyl groups is 1. The number of hydrogen-bond donors (Lipinski definition) is 1. The molecule has 7 heteroatoms. The summed E-state index contributed by atoms with van der Waals surface area (Å²) >= 11 is 0.